The van der Waals surface area contributed by atoms with E-state index in [1.165, 1.54) is 6.07 Å². The molecule has 1 atom stereocenters. The van der Waals surface area contributed by atoms with Crippen LogP contribution in [0.5, 0.6) is 0 Å². The Kier molecular flexibility index (Phi) is 5.96. The molecule has 2 aromatic carbocycles. The Balaban J connectivity index is 1.59. The van der Waals surface area contributed by atoms with Crippen molar-refractivity contribution in [2.75, 3.05) is 18.0 Å². The number of para-hydroxylation sites is 2. The quantitative estimate of drug-likeness (QED) is 0.611. The van der Waals surface area contributed by atoms with Gasteiger partial charge in [0.05, 0.1) is 11.0 Å². The summed E-state index contributed by atoms with van der Waals surface area (Å²) in [5.74, 6) is -0.0738. The zero-order chi connectivity index (χ0) is 19.4. The molecule has 27 heavy (non-hydrogen) atoms. The average molecular weight is 388 g/mol. The Morgan fingerprint density at radius 2 is 1.93 bits per heavy atom. The molecule has 0 saturated carbocycles. The lowest BCUT2D eigenvalue weighted by Gasteiger charge is -2.33. The molecule has 0 bridgehead atoms. The number of carbonyl (C=O) groups is 1. The van der Waals surface area contributed by atoms with Gasteiger partial charge in [0.1, 0.15) is 5.69 Å². The molecule has 6 nitrogen and oxygen atoms in total. The number of carbonyl (C=O) groups excluding carboxylic acids is 1. The topological polar surface area (TPSA) is 75.5 Å². The van der Waals surface area contributed by atoms with Crippen LogP contribution in [0.25, 0.3) is 0 Å². The lowest BCUT2D eigenvalue weighted by atomic mass is 9.94. The molecule has 1 aliphatic rings. The van der Waals surface area contributed by atoms with Gasteiger partial charge in [-0.05, 0) is 43.5 Å². The summed E-state index contributed by atoms with van der Waals surface area (Å²) in [6.45, 7) is 3.18. The first-order chi connectivity index (χ1) is 13.0. The number of hydrogen-bond donors (Lipinski definition) is 1. The molecule has 1 unspecified atom stereocenters. The van der Waals surface area contributed by atoms with Crippen LogP contribution in [0.15, 0.2) is 48.5 Å². The highest BCUT2D eigenvalue weighted by atomic mass is 35.5. The van der Waals surface area contributed by atoms with Gasteiger partial charge in [-0.25, -0.2) is 0 Å². The van der Waals surface area contributed by atoms with Crippen LogP contribution in [0.3, 0.4) is 0 Å². The van der Waals surface area contributed by atoms with Gasteiger partial charge in [0.15, 0.2) is 0 Å². The molecule has 0 radical (unpaired) electrons. The molecular formula is C20H22ClN3O3. The maximum Gasteiger partial charge on any atom is 0.292 e. The summed E-state index contributed by atoms with van der Waals surface area (Å²) in [7, 11) is 0. The summed E-state index contributed by atoms with van der Waals surface area (Å²) < 4.78 is 0. The number of anilines is 1. The third-order valence-electron chi connectivity index (χ3n) is 4.99. The number of halogens is 1. The van der Waals surface area contributed by atoms with Crippen LogP contribution in [0.1, 0.15) is 31.4 Å². The van der Waals surface area contributed by atoms with E-state index in [1.54, 1.807) is 24.3 Å². The molecule has 142 valence electrons. The standard InChI is InChI=1S/C20H22ClN3O3/c1-14(16-5-4-6-17(21)13-16)22-20(25)15-9-11-23(12-10-15)18-7-2-3-8-19(18)24(26)27/h2-8,13-15H,9-12H2,1H3,(H,22,25). The third-order valence-corrected chi connectivity index (χ3v) is 5.23. The fourth-order valence-electron chi connectivity index (χ4n) is 3.46. The maximum absolute atomic E-state index is 12.6. The summed E-state index contributed by atoms with van der Waals surface area (Å²) >= 11 is 6.02. The first-order valence-corrected chi connectivity index (χ1v) is 9.37. The monoisotopic (exact) mass is 387 g/mol. The first kappa shape index (κ1) is 19.2. The van der Waals surface area contributed by atoms with Crippen LogP contribution >= 0.6 is 11.6 Å². The SMILES string of the molecule is CC(NC(=O)C1CCN(c2ccccc2[N+](=O)[O-])CC1)c1cccc(Cl)c1. The lowest BCUT2D eigenvalue weighted by molar-refractivity contribution is -0.384. The summed E-state index contributed by atoms with van der Waals surface area (Å²) in [6.07, 6.45) is 1.33. The Hall–Kier alpha value is -2.60. The Labute approximate surface area is 163 Å². The minimum Gasteiger partial charge on any atom is -0.366 e. The van der Waals surface area contributed by atoms with E-state index < -0.39 is 0 Å². The van der Waals surface area contributed by atoms with E-state index in [4.69, 9.17) is 11.6 Å². The number of nitrogens with zero attached hydrogens (tertiary/aromatic N) is 2. The van der Waals surface area contributed by atoms with Gasteiger partial charge in [-0.1, -0.05) is 35.9 Å². The van der Waals surface area contributed by atoms with Gasteiger partial charge < -0.3 is 10.2 Å². The molecule has 2 aromatic rings. The van der Waals surface area contributed by atoms with Crippen molar-refractivity contribution in [2.45, 2.75) is 25.8 Å². The first-order valence-electron chi connectivity index (χ1n) is 9.00. The van der Waals surface area contributed by atoms with Crippen LogP contribution in [-0.4, -0.2) is 23.9 Å². The fourth-order valence-corrected chi connectivity index (χ4v) is 3.66. The minimum absolute atomic E-state index is 0.0182. The fraction of sp³-hybridized carbons (Fsp3) is 0.350. The van der Waals surface area contributed by atoms with Gasteiger partial charge >= 0.3 is 0 Å². The van der Waals surface area contributed by atoms with Gasteiger partial charge in [-0.2, -0.15) is 0 Å². The van der Waals surface area contributed by atoms with Gasteiger partial charge in [0, 0.05) is 30.1 Å². The van der Waals surface area contributed by atoms with Crippen molar-refractivity contribution in [3.05, 3.63) is 69.2 Å². The highest BCUT2D eigenvalue weighted by molar-refractivity contribution is 6.30. The van der Waals surface area contributed by atoms with E-state index in [1.807, 2.05) is 30.0 Å². The summed E-state index contributed by atoms with van der Waals surface area (Å²) in [5.41, 5.74) is 1.69. The molecule has 1 N–H and O–H groups in total. The minimum atomic E-state index is -0.360. The predicted octanol–water partition coefficient (Wildman–Crippen LogP) is 4.34. The molecule has 1 heterocycles. The molecule has 7 heteroatoms. The lowest BCUT2D eigenvalue weighted by Crippen LogP contribution is -2.41. The van der Waals surface area contributed by atoms with Crippen molar-refractivity contribution < 1.29 is 9.72 Å². The second-order valence-electron chi connectivity index (χ2n) is 6.79. The molecule has 1 saturated heterocycles. The van der Waals surface area contributed by atoms with E-state index >= 15 is 0 Å². The van der Waals surface area contributed by atoms with Crippen molar-refractivity contribution in [3.8, 4) is 0 Å². The number of hydrogen-bond acceptors (Lipinski definition) is 4. The van der Waals surface area contributed by atoms with Gasteiger partial charge in [-0.3, -0.25) is 14.9 Å². The predicted molar refractivity (Wildman–Crippen MR) is 106 cm³/mol. The average Bonchev–Trinajstić information content (AvgIpc) is 2.68. The van der Waals surface area contributed by atoms with E-state index in [9.17, 15) is 14.9 Å². The highest BCUT2D eigenvalue weighted by Gasteiger charge is 2.28. The summed E-state index contributed by atoms with van der Waals surface area (Å²) in [5, 5.41) is 14.9. The molecule has 3 rings (SSSR count). The normalized spacial score (nSPS) is 16.0. The van der Waals surface area contributed by atoms with Crippen molar-refractivity contribution in [1.29, 1.82) is 0 Å². The van der Waals surface area contributed by atoms with Gasteiger partial charge in [0.2, 0.25) is 5.91 Å². The van der Waals surface area contributed by atoms with Crippen LogP contribution < -0.4 is 10.2 Å². The Bertz CT molecular complexity index is 835. The van der Waals surface area contributed by atoms with Crippen molar-refractivity contribution in [1.82, 2.24) is 5.32 Å². The van der Waals surface area contributed by atoms with Crippen molar-refractivity contribution in [3.63, 3.8) is 0 Å². The molecular weight excluding hydrogens is 366 g/mol. The van der Waals surface area contributed by atoms with Crippen LogP contribution in [0.4, 0.5) is 11.4 Å². The summed E-state index contributed by atoms with van der Waals surface area (Å²) in [4.78, 5) is 25.5. The molecule has 0 aliphatic carbocycles. The molecule has 0 spiro atoms. The number of piperidine rings is 1. The molecule has 1 amide bonds. The number of nitrogens with one attached hydrogen (secondary N) is 1. The van der Waals surface area contributed by atoms with E-state index in [0.29, 0.717) is 36.6 Å². The number of nitro benzene ring substituents is 1. The molecule has 1 aliphatic heterocycles. The maximum atomic E-state index is 12.6. The Morgan fingerprint density at radius 1 is 1.22 bits per heavy atom. The molecule has 0 aromatic heterocycles. The zero-order valence-corrected chi connectivity index (χ0v) is 15.9. The van der Waals surface area contributed by atoms with Crippen molar-refractivity contribution >= 4 is 28.9 Å². The summed E-state index contributed by atoms with van der Waals surface area (Å²) in [6, 6.07) is 14.1. The van der Waals surface area contributed by atoms with E-state index in [2.05, 4.69) is 5.32 Å². The molecule has 1 fully saturated rings. The van der Waals surface area contributed by atoms with Crippen LogP contribution in [0.2, 0.25) is 5.02 Å². The number of amides is 1. The van der Waals surface area contributed by atoms with E-state index in [-0.39, 0.29) is 28.5 Å². The highest BCUT2D eigenvalue weighted by Crippen LogP contribution is 2.31. The Morgan fingerprint density at radius 3 is 2.59 bits per heavy atom. The second-order valence-corrected chi connectivity index (χ2v) is 7.23. The van der Waals surface area contributed by atoms with Gasteiger partial charge in [0.25, 0.3) is 5.69 Å². The zero-order valence-electron chi connectivity index (χ0n) is 15.1. The largest absolute Gasteiger partial charge is 0.366 e. The van der Waals surface area contributed by atoms with E-state index in [0.717, 1.165) is 5.56 Å². The second kappa shape index (κ2) is 8.39. The van der Waals surface area contributed by atoms with Gasteiger partial charge in [-0.15, -0.1) is 0 Å². The number of rotatable bonds is 5. The third kappa shape index (κ3) is 4.57. The number of benzene rings is 2. The van der Waals surface area contributed by atoms with Crippen molar-refractivity contribution in [2.24, 2.45) is 5.92 Å². The smallest absolute Gasteiger partial charge is 0.292 e. The van der Waals surface area contributed by atoms with Crippen LogP contribution in [-0.2, 0) is 4.79 Å². The van der Waals surface area contributed by atoms with Crippen LogP contribution in [0, 0.1) is 16.0 Å². The number of nitro groups is 1.